The monoisotopic (exact) mass is 437 g/mol. The number of anilines is 1. The van der Waals surface area contributed by atoms with Gasteiger partial charge in [0.25, 0.3) is 5.91 Å². The van der Waals surface area contributed by atoms with Gasteiger partial charge in [-0.1, -0.05) is 30.3 Å². The van der Waals surface area contributed by atoms with Gasteiger partial charge in [0.1, 0.15) is 0 Å². The fourth-order valence-corrected chi connectivity index (χ4v) is 3.96. The van der Waals surface area contributed by atoms with E-state index in [2.05, 4.69) is 49.9 Å². The number of carbonyl (C=O) groups excluding carboxylic acids is 1. The van der Waals surface area contributed by atoms with Gasteiger partial charge in [0.2, 0.25) is 5.95 Å². The molecule has 3 heterocycles. The lowest BCUT2D eigenvalue weighted by Crippen LogP contribution is -2.32. The Bertz CT molecular complexity index is 915. The van der Waals surface area contributed by atoms with Gasteiger partial charge in [-0.05, 0) is 37.8 Å². The van der Waals surface area contributed by atoms with Crippen molar-refractivity contribution in [2.45, 2.75) is 51.5 Å². The normalized spacial score (nSPS) is 21.7. The van der Waals surface area contributed by atoms with Crippen LogP contribution in [0.5, 0.6) is 0 Å². The number of hydrogen-bond donors (Lipinski definition) is 2. The van der Waals surface area contributed by atoms with E-state index in [9.17, 15) is 4.79 Å². The van der Waals surface area contributed by atoms with Crippen molar-refractivity contribution in [2.75, 3.05) is 25.0 Å². The highest BCUT2D eigenvalue weighted by Crippen LogP contribution is 2.17. The van der Waals surface area contributed by atoms with E-state index < -0.39 is 0 Å². The van der Waals surface area contributed by atoms with Gasteiger partial charge in [-0.25, -0.2) is 20.3 Å². The van der Waals surface area contributed by atoms with E-state index >= 15 is 0 Å². The lowest BCUT2D eigenvalue weighted by molar-refractivity contribution is -0.198. The molecular formula is C24H31N5O3. The number of aromatic nitrogens is 2. The first kappa shape index (κ1) is 22.4. The lowest BCUT2D eigenvalue weighted by atomic mass is 10.2. The van der Waals surface area contributed by atoms with Crippen LogP contribution in [-0.2, 0) is 20.9 Å². The van der Waals surface area contributed by atoms with Gasteiger partial charge in [0, 0.05) is 56.5 Å². The largest absolute Gasteiger partial charge is 0.350 e. The third-order valence-corrected chi connectivity index (χ3v) is 5.72. The van der Waals surface area contributed by atoms with Crippen LogP contribution in [0.15, 0.2) is 42.6 Å². The van der Waals surface area contributed by atoms with Crippen LogP contribution in [0.25, 0.3) is 6.08 Å². The van der Waals surface area contributed by atoms with E-state index in [4.69, 9.17) is 9.57 Å². The zero-order valence-corrected chi connectivity index (χ0v) is 18.5. The maximum absolute atomic E-state index is 12.0. The van der Waals surface area contributed by atoms with Gasteiger partial charge < -0.3 is 10.1 Å². The van der Waals surface area contributed by atoms with Crippen LogP contribution in [0.2, 0.25) is 0 Å². The summed E-state index contributed by atoms with van der Waals surface area (Å²) in [5.74, 6) is 0.277. The number of nitrogens with one attached hydrogen (secondary N) is 2. The topological polar surface area (TPSA) is 88.6 Å². The van der Waals surface area contributed by atoms with Crippen molar-refractivity contribution >= 4 is 17.9 Å². The fourth-order valence-electron chi connectivity index (χ4n) is 3.96. The third kappa shape index (κ3) is 6.59. The standard InChI is InChI=1S/C24H31N5O3/c1-18-20(10-11-22(30)28-32-23-9-5-6-14-31-23)15-25-24(26-18)27-21-12-13-29(17-21)16-19-7-3-2-4-8-19/h2-4,7-8,10-11,15,21,23H,5-6,9,12-14,16-17H2,1H3,(H,28,30)(H,25,26,27). The number of amides is 1. The van der Waals surface area contributed by atoms with Crippen LogP contribution in [0, 0.1) is 6.92 Å². The first-order valence-electron chi connectivity index (χ1n) is 11.3. The molecule has 2 aromatic rings. The number of benzene rings is 1. The smallest absolute Gasteiger partial charge is 0.267 e. The zero-order valence-electron chi connectivity index (χ0n) is 18.5. The number of hydrogen-bond acceptors (Lipinski definition) is 7. The van der Waals surface area contributed by atoms with E-state index in [1.54, 1.807) is 12.3 Å². The van der Waals surface area contributed by atoms with E-state index in [1.165, 1.54) is 11.6 Å². The minimum Gasteiger partial charge on any atom is -0.350 e. The van der Waals surface area contributed by atoms with Crippen LogP contribution in [0.3, 0.4) is 0 Å². The summed E-state index contributed by atoms with van der Waals surface area (Å²) in [7, 11) is 0. The summed E-state index contributed by atoms with van der Waals surface area (Å²) in [5.41, 5.74) is 5.34. The van der Waals surface area contributed by atoms with Crippen molar-refractivity contribution in [1.29, 1.82) is 0 Å². The second-order valence-corrected chi connectivity index (χ2v) is 8.30. The molecule has 1 aromatic heterocycles. The summed E-state index contributed by atoms with van der Waals surface area (Å²) >= 11 is 0. The van der Waals surface area contributed by atoms with Crippen molar-refractivity contribution in [3.8, 4) is 0 Å². The summed E-state index contributed by atoms with van der Waals surface area (Å²) in [6.45, 7) is 5.55. The Hall–Kier alpha value is -2.81. The summed E-state index contributed by atoms with van der Waals surface area (Å²) in [5, 5.41) is 3.45. The van der Waals surface area contributed by atoms with Crippen LogP contribution < -0.4 is 10.8 Å². The minimum absolute atomic E-state index is 0.324. The van der Waals surface area contributed by atoms with E-state index in [0.29, 0.717) is 18.6 Å². The number of ether oxygens (including phenoxy) is 1. The third-order valence-electron chi connectivity index (χ3n) is 5.72. The molecule has 2 saturated heterocycles. The van der Waals surface area contributed by atoms with Gasteiger partial charge in [0.05, 0.1) is 5.69 Å². The molecule has 0 radical (unpaired) electrons. The van der Waals surface area contributed by atoms with Gasteiger partial charge in [-0.15, -0.1) is 0 Å². The van der Waals surface area contributed by atoms with E-state index in [1.807, 2.05) is 13.0 Å². The molecule has 2 fully saturated rings. The molecule has 0 spiro atoms. The molecule has 4 rings (SSSR count). The molecule has 2 N–H and O–H groups in total. The summed E-state index contributed by atoms with van der Waals surface area (Å²) in [4.78, 5) is 28.7. The SMILES string of the molecule is Cc1nc(NC2CCN(Cc3ccccc3)C2)ncc1C=CC(=O)NOC1CCCCO1. The summed E-state index contributed by atoms with van der Waals surface area (Å²) < 4.78 is 5.42. The summed E-state index contributed by atoms with van der Waals surface area (Å²) in [6.07, 6.45) is 8.39. The van der Waals surface area contributed by atoms with Crippen LogP contribution >= 0.6 is 0 Å². The van der Waals surface area contributed by atoms with Crippen molar-refractivity contribution in [1.82, 2.24) is 20.3 Å². The van der Waals surface area contributed by atoms with Crippen molar-refractivity contribution < 1.29 is 14.4 Å². The molecule has 170 valence electrons. The number of carbonyl (C=O) groups is 1. The fraction of sp³-hybridized carbons (Fsp3) is 0.458. The Morgan fingerprint density at radius 3 is 2.94 bits per heavy atom. The molecule has 2 unspecified atom stereocenters. The average molecular weight is 438 g/mol. The van der Waals surface area contributed by atoms with Crippen molar-refractivity contribution in [3.05, 3.63) is 59.4 Å². The summed E-state index contributed by atoms with van der Waals surface area (Å²) in [6, 6.07) is 10.9. The molecule has 0 bridgehead atoms. The Kier molecular flexibility index (Phi) is 7.82. The van der Waals surface area contributed by atoms with Gasteiger partial charge in [-0.2, -0.15) is 0 Å². The Morgan fingerprint density at radius 1 is 1.28 bits per heavy atom. The predicted molar refractivity (Wildman–Crippen MR) is 122 cm³/mol. The molecule has 32 heavy (non-hydrogen) atoms. The number of likely N-dealkylation sites (tertiary alicyclic amines) is 1. The highest BCUT2D eigenvalue weighted by atomic mass is 16.8. The minimum atomic E-state index is -0.365. The molecule has 1 aromatic carbocycles. The molecule has 2 aliphatic heterocycles. The molecule has 1 amide bonds. The van der Waals surface area contributed by atoms with E-state index in [0.717, 1.165) is 56.6 Å². The maximum Gasteiger partial charge on any atom is 0.267 e. The molecule has 2 atom stereocenters. The Labute approximate surface area is 189 Å². The van der Waals surface area contributed by atoms with E-state index in [-0.39, 0.29) is 12.2 Å². The highest BCUT2D eigenvalue weighted by Gasteiger charge is 2.23. The molecule has 2 aliphatic rings. The molecule has 0 aliphatic carbocycles. The first-order chi connectivity index (χ1) is 15.7. The van der Waals surface area contributed by atoms with Crippen LogP contribution in [0.1, 0.15) is 42.5 Å². The number of aryl methyl sites for hydroxylation is 1. The van der Waals surface area contributed by atoms with Gasteiger partial charge in [-0.3, -0.25) is 9.69 Å². The molecule has 0 saturated carbocycles. The Balaban J connectivity index is 1.24. The number of rotatable bonds is 8. The lowest BCUT2D eigenvalue weighted by Gasteiger charge is -2.21. The van der Waals surface area contributed by atoms with Gasteiger partial charge in [0.15, 0.2) is 6.29 Å². The maximum atomic E-state index is 12.0. The zero-order chi connectivity index (χ0) is 22.2. The molecular weight excluding hydrogens is 406 g/mol. The number of hydroxylamine groups is 1. The van der Waals surface area contributed by atoms with Crippen LogP contribution in [-0.4, -0.2) is 52.8 Å². The highest BCUT2D eigenvalue weighted by molar-refractivity contribution is 5.91. The second-order valence-electron chi connectivity index (χ2n) is 8.30. The second kappa shape index (κ2) is 11.2. The average Bonchev–Trinajstić information content (AvgIpc) is 3.25. The quantitative estimate of drug-likeness (QED) is 0.485. The first-order valence-corrected chi connectivity index (χ1v) is 11.3. The van der Waals surface area contributed by atoms with Gasteiger partial charge >= 0.3 is 0 Å². The molecule has 8 heteroatoms. The predicted octanol–water partition coefficient (Wildman–Crippen LogP) is 3.06. The number of nitrogens with zero attached hydrogens (tertiary/aromatic N) is 3. The van der Waals surface area contributed by atoms with Crippen molar-refractivity contribution in [3.63, 3.8) is 0 Å². The molecule has 8 nitrogen and oxygen atoms in total. The van der Waals surface area contributed by atoms with Crippen LogP contribution in [0.4, 0.5) is 5.95 Å². The van der Waals surface area contributed by atoms with Crippen molar-refractivity contribution in [2.24, 2.45) is 0 Å². The Morgan fingerprint density at radius 2 is 2.16 bits per heavy atom.